The first-order chi connectivity index (χ1) is 18.9. The maximum Gasteiger partial charge on any atom is 0.356 e. The molecule has 0 aromatic carbocycles. The Labute approximate surface area is 234 Å². The third kappa shape index (κ3) is 5.58. The van der Waals surface area contributed by atoms with Crippen LogP contribution >= 0.6 is 19.2 Å². The second kappa shape index (κ2) is 11.0. The molecule has 3 saturated heterocycles. The molecule has 0 spiro atoms. The van der Waals surface area contributed by atoms with E-state index in [0.29, 0.717) is 0 Å². The molecule has 0 aliphatic carbocycles. The number of pyridine rings is 1. The molecule has 220 valence electrons. The number of aromatic nitrogens is 3. The van der Waals surface area contributed by atoms with Crippen LogP contribution < -0.4 is 4.90 Å². The molecule has 16 heteroatoms. The van der Waals surface area contributed by atoms with Crippen LogP contribution in [0.1, 0.15) is 45.9 Å². The zero-order valence-electron chi connectivity index (χ0n) is 22.5. The minimum Gasteiger partial charge on any atom is -0.366 e. The monoisotopic (exact) mass is 605 g/mol. The van der Waals surface area contributed by atoms with Crippen molar-refractivity contribution in [3.63, 3.8) is 0 Å². The fourth-order valence-electron chi connectivity index (χ4n) is 5.32. The predicted octanol–water partition coefficient (Wildman–Crippen LogP) is 4.46. The molecule has 0 unspecified atom stereocenters. The van der Waals surface area contributed by atoms with Crippen molar-refractivity contribution < 1.29 is 41.3 Å². The van der Waals surface area contributed by atoms with Gasteiger partial charge in [-0.05, 0) is 27.7 Å². The number of alkyl halides is 2. The van der Waals surface area contributed by atoms with Gasteiger partial charge >= 0.3 is 7.60 Å². The van der Waals surface area contributed by atoms with E-state index in [2.05, 4.69) is 9.97 Å². The Morgan fingerprint density at radius 2 is 1.95 bits per heavy atom. The van der Waals surface area contributed by atoms with Crippen LogP contribution in [0.5, 0.6) is 0 Å². The van der Waals surface area contributed by atoms with Gasteiger partial charge in [-0.1, -0.05) is 11.6 Å². The molecule has 0 radical (unpaired) electrons. The van der Waals surface area contributed by atoms with Crippen molar-refractivity contribution >= 4 is 36.0 Å². The first kappa shape index (κ1) is 29.5. The fraction of sp³-hybridized carbons (Fsp3) is 0.708. The number of fused-ring (bicyclic) bond motifs is 2. The van der Waals surface area contributed by atoms with Gasteiger partial charge in [-0.25, -0.2) is 18.7 Å². The normalized spacial score (nSPS) is 27.4. The van der Waals surface area contributed by atoms with Crippen molar-refractivity contribution in [2.45, 2.75) is 70.4 Å². The molecule has 5 heterocycles. The molecular weight excluding hydrogens is 575 g/mol. The standard InChI is InChI=1S/C24H31ClF2N5O7P/c1-5-35-40(33,36-6-2)13-34-10-15-18-19(39-23(3,4)38-18)22(37-15)32-12-29-16-17(31-8-7-24(26,27)11-31)14(9-28)20(25)30-21(16)32/h12,15,18-19,22H,5-8,10-11,13H2,1-4H3/t15-,18-,19-,22-/m1/s1. The van der Waals surface area contributed by atoms with E-state index in [4.69, 9.17) is 39.6 Å². The highest BCUT2D eigenvalue weighted by Crippen LogP contribution is 2.49. The lowest BCUT2D eigenvalue weighted by Crippen LogP contribution is -2.33. The molecule has 0 N–H and O–H groups in total. The van der Waals surface area contributed by atoms with Gasteiger partial charge in [0, 0.05) is 13.0 Å². The topological polar surface area (TPSA) is 130 Å². The summed E-state index contributed by atoms with van der Waals surface area (Å²) >= 11 is 6.39. The average Bonchev–Trinajstić information content (AvgIpc) is 3.60. The summed E-state index contributed by atoms with van der Waals surface area (Å²) in [4.78, 5) is 10.2. The van der Waals surface area contributed by atoms with Gasteiger partial charge in [0.05, 0.1) is 38.4 Å². The smallest absolute Gasteiger partial charge is 0.356 e. The number of ether oxygens (including phenoxy) is 4. The molecule has 40 heavy (non-hydrogen) atoms. The summed E-state index contributed by atoms with van der Waals surface area (Å²) in [7, 11) is -3.44. The molecule has 4 atom stereocenters. The molecule has 2 aromatic rings. The van der Waals surface area contributed by atoms with Crippen LogP contribution in [0.2, 0.25) is 5.15 Å². The van der Waals surface area contributed by atoms with Crippen molar-refractivity contribution in [2.24, 2.45) is 0 Å². The highest BCUT2D eigenvalue weighted by Gasteiger charge is 2.56. The van der Waals surface area contributed by atoms with Crippen LogP contribution in [0.4, 0.5) is 14.5 Å². The Bertz CT molecular complexity index is 1350. The molecule has 0 amide bonds. The third-order valence-electron chi connectivity index (χ3n) is 6.82. The van der Waals surface area contributed by atoms with Gasteiger partial charge in [0.25, 0.3) is 5.92 Å². The number of nitrogens with zero attached hydrogens (tertiary/aromatic N) is 5. The van der Waals surface area contributed by atoms with E-state index in [9.17, 15) is 18.6 Å². The lowest BCUT2D eigenvalue weighted by molar-refractivity contribution is -0.201. The number of anilines is 1. The average molecular weight is 606 g/mol. The second-order valence-corrected chi connectivity index (χ2v) is 12.5. The number of halogens is 3. The first-order valence-corrected chi connectivity index (χ1v) is 15.1. The highest BCUT2D eigenvalue weighted by molar-refractivity contribution is 7.53. The van der Waals surface area contributed by atoms with Crippen molar-refractivity contribution in [1.82, 2.24) is 14.5 Å². The van der Waals surface area contributed by atoms with Crippen molar-refractivity contribution in [2.75, 3.05) is 44.2 Å². The summed E-state index contributed by atoms with van der Waals surface area (Å²) in [5.74, 6) is -3.84. The number of hydrogen-bond acceptors (Lipinski definition) is 11. The van der Waals surface area contributed by atoms with Gasteiger partial charge in [0.2, 0.25) is 0 Å². The summed E-state index contributed by atoms with van der Waals surface area (Å²) < 4.78 is 77.5. The highest BCUT2D eigenvalue weighted by atomic mass is 35.5. The summed E-state index contributed by atoms with van der Waals surface area (Å²) in [6.07, 6.45) is -1.81. The molecule has 5 rings (SSSR count). The van der Waals surface area contributed by atoms with Crippen LogP contribution in [0.25, 0.3) is 11.2 Å². The number of nitriles is 1. The molecular formula is C24H31ClF2N5O7P. The predicted molar refractivity (Wildman–Crippen MR) is 138 cm³/mol. The van der Waals surface area contributed by atoms with E-state index >= 15 is 0 Å². The Hall–Kier alpha value is -1.95. The second-order valence-electron chi connectivity index (χ2n) is 10.2. The fourth-order valence-corrected chi connectivity index (χ4v) is 6.87. The third-order valence-corrected chi connectivity index (χ3v) is 8.89. The molecule has 3 aliphatic heterocycles. The van der Waals surface area contributed by atoms with Gasteiger partial charge in [-0.2, -0.15) is 5.26 Å². The van der Waals surface area contributed by atoms with E-state index in [1.165, 1.54) is 11.2 Å². The lowest BCUT2D eigenvalue weighted by atomic mass is 10.1. The molecule has 3 aliphatic rings. The van der Waals surface area contributed by atoms with Crippen LogP contribution in [-0.4, -0.2) is 83.8 Å². The van der Waals surface area contributed by atoms with Gasteiger partial charge in [0.1, 0.15) is 41.8 Å². The zero-order valence-corrected chi connectivity index (χ0v) is 24.2. The SMILES string of the molecule is CCOP(=O)(COC[C@H]1O[C@@H](n2cnc3c(N4CCC(F)(F)C4)c(C#N)c(Cl)nc32)[C@@H]2OC(C)(C)O[C@@H]21)OCC. The minimum absolute atomic E-state index is 0.00521. The number of imidazole rings is 1. The van der Waals surface area contributed by atoms with Crippen LogP contribution in [-0.2, 0) is 32.6 Å². The molecule has 12 nitrogen and oxygen atoms in total. The number of hydrogen-bond donors (Lipinski definition) is 0. The summed E-state index contributed by atoms with van der Waals surface area (Å²) in [6, 6.07) is 1.98. The van der Waals surface area contributed by atoms with Crippen LogP contribution in [0, 0.1) is 11.3 Å². The minimum atomic E-state index is -3.44. The molecule has 3 fully saturated rings. The lowest BCUT2D eigenvalue weighted by Gasteiger charge is -2.25. The van der Waals surface area contributed by atoms with E-state index in [1.54, 1.807) is 32.3 Å². The first-order valence-electron chi connectivity index (χ1n) is 13.0. The van der Waals surface area contributed by atoms with E-state index in [0.717, 1.165) is 0 Å². The van der Waals surface area contributed by atoms with Gasteiger partial charge in [-0.15, -0.1) is 0 Å². The zero-order chi connectivity index (χ0) is 28.9. The van der Waals surface area contributed by atoms with E-state index in [-0.39, 0.29) is 66.7 Å². The maximum absolute atomic E-state index is 14.1. The molecule has 0 saturated carbocycles. The van der Waals surface area contributed by atoms with E-state index < -0.39 is 50.4 Å². The van der Waals surface area contributed by atoms with Crippen molar-refractivity contribution in [3.8, 4) is 6.07 Å². The Kier molecular flexibility index (Phi) is 8.15. The summed E-state index contributed by atoms with van der Waals surface area (Å²) in [6.45, 7) is 6.83. The summed E-state index contributed by atoms with van der Waals surface area (Å²) in [5, 5.41) is 9.62. The van der Waals surface area contributed by atoms with Crippen LogP contribution in [0.15, 0.2) is 6.33 Å². The van der Waals surface area contributed by atoms with Crippen molar-refractivity contribution in [3.05, 3.63) is 17.0 Å². The van der Waals surface area contributed by atoms with E-state index in [1.807, 2.05) is 6.07 Å². The maximum atomic E-state index is 14.1. The Morgan fingerprint density at radius 1 is 1.25 bits per heavy atom. The quantitative estimate of drug-likeness (QED) is 0.281. The number of rotatable bonds is 10. The van der Waals surface area contributed by atoms with Gasteiger partial charge in [-0.3, -0.25) is 9.13 Å². The summed E-state index contributed by atoms with van der Waals surface area (Å²) in [5.41, 5.74) is 0.661. The van der Waals surface area contributed by atoms with Gasteiger partial charge in [0.15, 0.2) is 22.8 Å². The van der Waals surface area contributed by atoms with Crippen LogP contribution in [0.3, 0.4) is 0 Å². The van der Waals surface area contributed by atoms with Gasteiger partial charge < -0.3 is 32.9 Å². The molecule has 2 aromatic heterocycles. The largest absolute Gasteiger partial charge is 0.366 e. The molecule has 0 bridgehead atoms. The Balaban J connectivity index is 1.45. The van der Waals surface area contributed by atoms with Crippen molar-refractivity contribution in [1.29, 1.82) is 5.26 Å². The Morgan fingerprint density at radius 3 is 2.58 bits per heavy atom.